The van der Waals surface area contributed by atoms with E-state index in [0.29, 0.717) is 6.04 Å². The van der Waals surface area contributed by atoms with Crippen molar-refractivity contribution in [3.63, 3.8) is 0 Å². The molecule has 0 aliphatic carbocycles. The fraction of sp³-hybridized carbons (Fsp3) is 0.444. The lowest BCUT2D eigenvalue weighted by Gasteiger charge is -2.18. The van der Waals surface area contributed by atoms with E-state index in [9.17, 15) is 0 Å². The lowest BCUT2D eigenvalue weighted by molar-refractivity contribution is 0.414. The summed E-state index contributed by atoms with van der Waals surface area (Å²) >= 11 is 0. The molecule has 0 spiro atoms. The van der Waals surface area contributed by atoms with Gasteiger partial charge in [-0.25, -0.2) is 0 Å². The molecule has 0 bridgehead atoms. The first kappa shape index (κ1) is 15.6. The Morgan fingerprint density at radius 1 is 1.14 bits per heavy atom. The van der Waals surface area contributed by atoms with Crippen molar-refractivity contribution in [2.75, 3.05) is 13.7 Å². The first-order chi connectivity index (χ1) is 10.3. The van der Waals surface area contributed by atoms with Gasteiger partial charge in [0.15, 0.2) is 0 Å². The number of methoxy groups -OCH3 is 1. The average Bonchev–Trinajstić information content (AvgIpc) is 3.03. The lowest BCUT2D eigenvalue weighted by atomic mass is 10.00. The Morgan fingerprint density at radius 2 is 1.95 bits per heavy atom. The van der Waals surface area contributed by atoms with Crippen LogP contribution < -0.4 is 10.1 Å². The summed E-state index contributed by atoms with van der Waals surface area (Å²) in [6, 6.07) is 10.9. The highest BCUT2D eigenvalue weighted by Crippen LogP contribution is 2.15. The second-order valence-electron chi connectivity index (χ2n) is 5.37. The van der Waals surface area contributed by atoms with Crippen molar-refractivity contribution in [1.82, 2.24) is 5.32 Å². The highest BCUT2D eigenvalue weighted by Gasteiger charge is 2.10. The Morgan fingerprint density at radius 3 is 2.57 bits per heavy atom. The molecule has 0 aliphatic heterocycles. The van der Waals surface area contributed by atoms with Crippen LogP contribution in [-0.2, 0) is 12.8 Å². The number of hydrogen-bond acceptors (Lipinski definition) is 3. The van der Waals surface area contributed by atoms with Gasteiger partial charge in [-0.05, 0) is 61.6 Å². The quantitative estimate of drug-likeness (QED) is 0.761. The summed E-state index contributed by atoms with van der Waals surface area (Å²) in [6.45, 7) is 3.26. The van der Waals surface area contributed by atoms with Crippen LogP contribution in [0.5, 0.6) is 5.75 Å². The third-order valence-electron chi connectivity index (χ3n) is 3.69. The molecule has 3 nitrogen and oxygen atoms in total. The zero-order chi connectivity index (χ0) is 14.9. The first-order valence-corrected chi connectivity index (χ1v) is 7.69. The molecule has 0 aliphatic rings. The van der Waals surface area contributed by atoms with Crippen LogP contribution in [0, 0.1) is 0 Å². The summed E-state index contributed by atoms with van der Waals surface area (Å²) in [6.07, 6.45) is 7.96. The number of benzene rings is 1. The van der Waals surface area contributed by atoms with Gasteiger partial charge in [-0.15, -0.1) is 0 Å². The molecule has 0 saturated heterocycles. The van der Waals surface area contributed by atoms with Crippen LogP contribution in [0.15, 0.2) is 47.3 Å². The summed E-state index contributed by atoms with van der Waals surface area (Å²) < 4.78 is 10.4. The van der Waals surface area contributed by atoms with Crippen molar-refractivity contribution < 1.29 is 9.15 Å². The van der Waals surface area contributed by atoms with Crippen LogP contribution in [-0.4, -0.2) is 19.7 Å². The molecule has 1 heterocycles. The van der Waals surface area contributed by atoms with Gasteiger partial charge in [-0.2, -0.15) is 0 Å². The molecule has 1 aromatic carbocycles. The Balaban J connectivity index is 1.87. The molecule has 2 rings (SSSR count). The van der Waals surface area contributed by atoms with Gasteiger partial charge >= 0.3 is 0 Å². The van der Waals surface area contributed by atoms with Gasteiger partial charge in [0.2, 0.25) is 0 Å². The van der Waals surface area contributed by atoms with Crippen LogP contribution in [0.4, 0.5) is 0 Å². The summed E-state index contributed by atoms with van der Waals surface area (Å²) in [5.41, 5.74) is 2.62. The third kappa shape index (κ3) is 5.27. The summed E-state index contributed by atoms with van der Waals surface area (Å²) in [5, 5.41) is 3.63. The largest absolute Gasteiger partial charge is 0.497 e. The molecule has 3 heteroatoms. The van der Waals surface area contributed by atoms with Gasteiger partial charge in [0.1, 0.15) is 5.75 Å². The zero-order valence-electron chi connectivity index (χ0n) is 13.0. The monoisotopic (exact) mass is 287 g/mol. The normalized spacial score (nSPS) is 12.3. The average molecular weight is 287 g/mol. The Labute approximate surface area is 127 Å². The maximum atomic E-state index is 5.20. The number of aryl methyl sites for hydroxylation is 1. The minimum Gasteiger partial charge on any atom is -0.497 e. The van der Waals surface area contributed by atoms with E-state index < -0.39 is 0 Å². The molecule has 0 fully saturated rings. The minimum absolute atomic E-state index is 0.490. The van der Waals surface area contributed by atoms with E-state index in [2.05, 4.69) is 24.4 Å². The number of ether oxygens (including phenoxy) is 1. The second kappa shape index (κ2) is 8.53. The van der Waals surface area contributed by atoms with Crippen molar-refractivity contribution in [1.29, 1.82) is 0 Å². The maximum absolute atomic E-state index is 5.20. The summed E-state index contributed by atoms with van der Waals surface area (Å²) in [4.78, 5) is 0. The molecule has 0 radical (unpaired) electrons. The van der Waals surface area contributed by atoms with Gasteiger partial charge in [0, 0.05) is 6.04 Å². The van der Waals surface area contributed by atoms with E-state index >= 15 is 0 Å². The topological polar surface area (TPSA) is 34.4 Å². The van der Waals surface area contributed by atoms with Crippen LogP contribution in [0.25, 0.3) is 0 Å². The predicted octanol–water partition coefficient (Wildman–Crippen LogP) is 3.83. The van der Waals surface area contributed by atoms with E-state index in [1.165, 1.54) is 11.1 Å². The number of rotatable bonds is 9. The molecule has 1 atom stereocenters. The van der Waals surface area contributed by atoms with Crippen molar-refractivity contribution in [2.45, 2.75) is 38.6 Å². The highest BCUT2D eigenvalue weighted by atomic mass is 16.5. The van der Waals surface area contributed by atoms with Crippen LogP contribution >= 0.6 is 0 Å². The predicted molar refractivity (Wildman–Crippen MR) is 85.8 cm³/mol. The van der Waals surface area contributed by atoms with Crippen LogP contribution in [0.1, 0.15) is 30.9 Å². The van der Waals surface area contributed by atoms with Crippen LogP contribution in [0.2, 0.25) is 0 Å². The Kier molecular flexibility index (Phi) is 6.35. The highest BCUT2D eigenvalue weighted by molar-refractivity contribution is 5.27. The lowest BCUT2D eigenvalue weighted by Crippen LogP contribution is -2.32. The van der Waals surface area contributed by atoms with Crippen LogP contribution in [0.3, 0.4) is 0 Å². The van der Waals surface area contributed by atoms with Gasteiger partial charge in [0.25, 0.3) is 0 Å². The van der Waals surface area contributed by atoms with Gasteiger partial charge in [-0.1, -0.05) is 19.1 Å². The standard InChI is InChI=1S/C18H25NO2/c1-3-11-19-17(13-16-10-12-21-14-16)7-4-15-5-8-18(20-2)9-6-15/h5-6,8-10,12,14,17,19H,3-4,7,11,13H2,1-2H3. The third-order valence-corrected chi connectivity index (χ3v) is 3.69. The number of furan rings is 1. The van der Waals surface area contributed by atoms with Gasteiger partial charge in [-0.3, -0.25) is 0 Å². The van der Waals surface area contributed by atoms with E-state index in [1.54, 1.807) is 13.4 Å². The molecule has 0 amide bonds. The smallest absolute Gasteiger partial charge is 0.118 e. The maximum Gasteiger partial charge on any atom is 0.118 e. The fourth-order valence-corrected chi connectivity index (χ4v) is 2.45. The van der Waals surface area contributed by atoms with Crippen molar-refractivity contribution in [2.24, 2.45) is 0 Å². The second-order valence-corrected chi connectivity index (χ2v) is 5.37. The number of hydrogen-bond donors (Lipinski definition) is 1. The molecule has 0 saturated carbocycles. The van der Waals surface area contributed by atoms with Gasteiger partial charge in [0.05, 0.1) is 19.6 Å². The summed E-state index contributed by atoms with van der Waals surface area (Å²) in [5.74, 6) is 0.915. The van der Waals surface area contributed by atoms with E-state index in [0.717, 1.165) is 38.0 Å². The number of nitrogens with one attached hydrogen (secondary N) is 1. The molecule has 114 valence electrons. The SMILES string of the molecule is CCCNC(CCc1ccc(OC)cc1)Cc1ccoc1. The molecular weight excluding hydrogens is 262 g/mol. The molecular formula is C18H25NO2. The van der Waals surface area contributed by atoms with Crippen molar-refractivity contribution in [3.05, 3.63) is 54.0 Å². The zero-order valence-corrected chi connectivity index (χ0v) is 13.0. The molecule has 1 aromatic heterocycles. The fourth-order valence-electron chi connectivity index (χ4n) is 2.45. The minimum atomic E-state index is 0.490. The van der Waals surface area contributed by atoms with E-state index in [4.69, 9.17) is 9.15 Å². The molecule has 1 unspecified atom stereocenters. The van der Waals surface area contributed by atoms with Crippen molar-refractivity contribution in [3.8, 4) is 5.75 Å². The Bertz CT molecular complexity index is 490. The molecule has 1 N–H and O–H groups in total. The van der Waals surface area contributed by atoms with E-state index in [1.807, 2.05) is 24.5 Å². The molecule has 2 aromatic rings. The Hall–Kier alpha value is -1.74. The first-order valence-electron chi connectivity index (χ1n) is 7.69. The van der Waals surface area contributed by atoms with Gasteiger partial charge < -0.3 is 14.5 Å². The van der Waals surface area contributed by atoms with Crippen molar-refractivity contribution >= 4 is 0 Å². The summed E-state index contributed by atoms with van der Waals surface area (Å²) in [7, 11) is 1.70. The molecule has 21 heavy (non-hydrogen) atoms. The van der Waals surface area contributed by atoms with E-state index in [-0.39, 0.29) is 0 Å².